The Kier molecular flexibility index (Phi) is 4.29. The molecular formula is C14H14BrN5O. The molecule has 1 fully saturated rings. The maximum absolute atomic E-state index is 9.15. The molecule has 108 valence electrons. The summed E-state index contributed by atoms with van der Waals surface area (Å²) in [5.41, 5.74) is 0.900. The van der Waals surface area contributed by atoms with Gasteiger partial charge in [-0.1, -0.05) is 33.2 Å². The highest BCUT2D eigenvalue weighted by molar-refractivity contribution is 9.10. The number of nitrogens with zero attached hydrogens (tertiary/aromatic N) is 4. The van der Waals surface area contributed by atoms with E-state index in [1.165, 1.54) is 0 Å². The number of rotatable bonds is 3. The summed E-state index contributed by atoms with van der Waals surface area (Å²) < 4.78 is 6.28. The molecule has 0 aliphatic carbocycles. The minimum absolute atomic E-state index is 0.153. The van der Waals surface area contributed by atoms with E-state index in [0.717, 1.165) is 23.1 Å². The first kappa shape index (κ1) is 14.2. The van der Waals surface area contributed by atoms with Gasteiger partial charge in [0.2, 0.25) is 11.7 Å². The van der Waals surface area contributed by atoms with E-state index in [-0.39, 0.29) is 6.04 Å². The first-order chi connectivity index (χ1) is 10.3. The van der Waals surface area contributed by atoms with Crippen molar-refractivity contribution in [3.8, 4) is 17.5 Å². The zero-order chi connectivity index (χ0) is 14.7. The van der Waals surface area contributed by atoms with E-state index in [9.17, 15) is 0 Å². The van der Waals surface area contributed by atoms with Crippen LogP contribution in [0.15, 0.2) is 33.3 Å². The Morgan fingerprint density at radius 1 is 1.52 bits per heavy atom. The van der Waals surface area contributed by atoms with E-state index in [1.54, 1.807) is 0 Å². The molecular weight excluding hydrogens is 334 g/mol. The zero-order valence-electron chi connectivity index (χ0n) is 11.3. The third kappa shape index (κ3) is 3.29. The fraction of sp³-hybridized carbons (Fsp3) is 0.357. The number of piperazine rings is 1. The Morgan fingerprint density at radius 3 is 3.24 bits per heavy atom. The second-order valence-corrected chi connectivity index (χ2v) is 5.76. The average molecular weight is 348 g/mol. The molecule has 21 heavy (non-hydrogen) atoms. The molecule has 0 radical (unpaired) electrons. The van der Waals surface area contributed by atoms with Gasteiger partial charge in [0.25, 0.3) is 0 Å². The lowest BCUT2D eigenvalue weighted by atomic mass is 10.2. The molecule has 0 saturated carbocycles. The van der Waals surface area contributed by atoms with Gasteiger partial charge in [0.15, 0.2) is 0 Å². The summed E-state index contributed by atoms with van der Waals surface area (Å²) in [5, 5.41) is 16.4. The van der Waals surface area contributed by atoms with E-state index >= 15 is 0 Å². The van der Waals surface area contributed by atoms with Crippen LogP contribution in [0.5, 0.6) is 0 Å². The second-order valence-electron chi connectivity index (χ2n) is 4.84. The highest BCUT2D eigenvalue weighted by Crippen LogP contribution is 2.21. The standard InChI is InChI=1S/C14H14BrN5O/c15-11-3-1-2-10(6-11)14-18-13(21-19-14)9-20-5-4-17-8-12(20)7-16/h1-3,6,12,17H,4-5,8-9H2. The van der Waals surface area contributed by atoms with Gasteiger partial charge in [0, 0.05) is 29.7 Å². The molecule has 6 nitrogen and oxygen atoms in total. The summed E-state index contributed by atoms with van der Waals surface area (Å²) >= 11 is 3.43. The van der Waals surface area contributed by atoms with Crippen LogP contribution in [0, 0.1) is 11.3 Å². The van der Waals surface area contributed by atoms with Crippen molar-refractivity contribution >= 4 is 15.9 Å². The number of nitrogens with one attached hydrogen (secondary N) is 1. The van der Waals surface area contributed by atoms with Gasteiger partial charge in [-0.05, 0) is 12.1 Å². The first-order valence-electron chi connectivity index (χ1n) is 6.69. The van der Waals surface area contributed by atoms with Crippen LogP contribution in [-0.2, 0) is 6.54 Å². The van der Waals surface area contributed by atoms with Gasteiger partial charge >= 0.3 is 0 Å². The lowest BCUT2D eigenvalue weighted by Crippen LogP contribution is -2.50. The summed E-state index contributed by atoms with van der Waals surface area (Å²) in [6.45, 7) is 2.83. The highest BCUT2D eigenvalue weighted by atomic mass is 79.9. The topological polar surface area (TPSA) is 78.0 Å². The van der Waals surface area contributed by atoms with Crippen LogP contribution in [-0.4, -0.2) is 40.7 Å². The number of halogens is 1. The molecule has 2 aromatic rings. The summed E-state index contributed by atoms with van der Waals surface area (Å²) in [5.74, 6) is 1.10. The molecule has 1 aromatic carbocycles. The van der Waals surface area contributed by atoms with Gasteiger partial charge in [-0.3, -0.25) is 4.90 Å². The van der Waals surface area contributed by atoms with Crippen molar-refractivity contribution in [2.24, 2.45) is 0 Å². The van der Waals surface area contributed by atoms with Crippen LogP contribution in [0.2, 0.25) is 0 Å². The minimum atomic E-state index is -0.153. The SMILES string of the molecule is N#CC1CNCCN1Cc1nc(-c2cccc(Br)c2)no1. The maximum atomic E-state index is 9.15. The lowest BCUT2D eigenvalue weighted by Gasteiger charge is -2.30. The van der Waals surface area contributed by atoms with E-state index < -0.39 is 0 Å². The fourth-order valence-corrected chi connectivity index (χ4v) is 2.70. The predicted molar refractivity (Wildman–Crippen MR) is 80.1 cm³/mol. The Hall–Kier alpha value is -1.75. The molecule has 1 aromatic heterocycles. The molecule has 1 N–H and O–H groups in total. The Labute approximate surface area is 130 Å². The molecule has 1 saturated heterocycles. The summed E-state index contributed by atoms with van der Waals surface area (Å²) in [6.07, 6.45) is 0. The van der Waals surface area contributed by atoms with Crippen molar-refractivity contribution in [1.82, 2.24) is 20.4 Å². The summed E-state index contributed by atoms with van der Waals surface area (Å²) in [4.78, 5) is 6.46. The van der Waals surface area contributed by atoms with Gasteiger partial charge < -0.3 is 9.84 Å². The molecule has 7 heteroatoms. The van der Waals surface area contributed by atoms with Gasteiger partial charge in [-0.2, -0.15) is 10.2 Å². The lowest BCUT2D eigenvalue weighted by molar-refractivity contribution is 0.167. The summed E-state index contributed by atoms with van der Waals surface area (Å²) in [7, 11) is 0. The average Bonchev–Trinajstić information content (AvgIpc) is 2.96. The molecule has 1 aliphatic rings. The van der Waals surface area contributed by atoms with E-state index in [1.807, 2.05) is 24.3 Å². The molecule has 3 rings (SSSR count). The van der Waals surface area contributed by atoms with Gasteiger partial charge in [-0.15, -0.1) is 0 Å². The van der Waals surface area contributed by atoms with Crippen molar-refractivity contribution in [3.05, 3.63) is 34.6 Å². The fourth-order valence-electron chi connectivity index (χ4n) is 2.30. The minimum Gasteiger partial charge on any atom is -0.338 e. The largest absolute Gasteiger partial charge is 0.338 e. The third-order valence-corrected chi connectivity index (χ3v) is 3.89. The van der Waals surface area contributed by atoms with Crippen LogP contribution < -0.4 is 5.32 Å². The van der Waals surface area contributed by atoms with Crippen LogP contribution >= 0.6 is 15.9 Å². The Morgan fingerprint density at radius 2 is 2.43 bits per heavy atom. The Bertz CT molecular complexity index is 665. The number of nitriles is 1. The van der Waals surface area contributed by atoms with Crippen LogP contribution in [0.25, 0.3) is 11.4 Å². The van der Waals surface area contributed by atoms with Crippen LogP contribution in [0.4, 0.5) is 0 Å². The summed E-state index contributed by atoms with van der Waals surface area (Å²) in [6, 6.07) is 9.88. The number of hydrogen-bond donors (Lipinski definition) is 1. The van der Waals surface area contributed by atoms with Crippen molar-refractivity contribution in [3.63, 3.8) is 0 Å². The smallest absolute Gasteiger partial charge is 0.241 e. The number of hydrogen-bond acceptors (Lipinski definition) is 6. The van der Waals surface area contributed by atoms with Crippen LogP contribution in [0.3, 0.4) is 0 Å². The third-order valence-electron chi connectivity index (χ3n) is 3.39. The van der Waals surface area contributed by atoms with Crippen molar-refractivity contribution in [2.75, 3.05) is 19.6 Å². The molecule has 1 unspecified atom stereocenters. The monoisotopic (exact) mass is 347 g/mol. The molecule has 0 spiro atoms. The van der Waals surface area contributed by atoms with Crippen molar-refractivity contribution in [1.29, 1.82) is 5.26 Å². The normalized spacial score (nSPS) is 19.3. The molecule has 0 amide bonds. The van der Waals surface area contributed by atoms with Gasteiger partial charge in [-0.25, -0.2) is 0 Å². The predicted octanol–water partition coefficient (Wildman–Crippen LogP) is 1.80. The quantitative estimate of drug-likeness (QED) is 0.911. The van der Waals surface area contributed by atoms with Crippen molar-refractivity contribution < 1.29 is 4.52 Å². The molecule has 1 atom stereocenters. The highest BCUT2D eigenvalue weighted by Gasteiger charge is 2.23. The van der Waals surface area contributed by atoms with E-state index in [2.05, 4.69) is 42.4 Å². The van der Waals surface area contributed by atoms with Gasteiger partial charge in [0.1, 0.15) is 6.04 Å². The van der Waals surface area contributed by atoms with Gasteiger partial charge in [0.05, 0.1) is 12.6 Å². The molecule has 2 heterocycles. The van der Waals surface area contributed by atoms with Crippen LogP contribution in [0.1, 0.15) is 5.89 Å². The van der Waals surface area contributed by atoms with E-state index in [4.69, 9.17) is 9.78 Å². The first-order valence-corrected chi connectivity index (χ1v) is 7.48. The Balaban J connectivity index is 1.75. The zero-order valence-corrected chi connectivity index (χ0v) is 12.9. The van der Waals surface area contributed by atoms with E-state index in [0.29, 0.717) is 24.8 Å². The van der Waals surface area contributed by atoms with Crippen molar-refractivity contribution in [2.45, 2.75) is 12.6 Å². The number of benzene rings is 1. The molecule has 0 bridgehead atoms. The second kappa shape index (κ2) is 6.35. The maximum Gasteiger partial charge on any atom is 0.241 e. The number of aromatic nitrogens is 2. The molecule has 1 aliphatic heterocycles.